The van der Waals surface area contributed by atoms with E-state index < -0.39 is 15.6 Å². The van der Waals surface area contributed by atoms with Crippen molar-refractivity contribution < 1.29 is 17.7 Å². The summed E-state index contributed by atoms with van der Waals surface area (Å²) in [6.07, 6.45) is 4.49. The molecule has 0 unspecified atom stereocenters. The minimum absolute atomic E-state index is 0.00631. The largest absolute Gasteiger partial charge is 0.363 e. The maximum absolute atomic E-state index is 12.5. The molecule has 0 spiro atoms. The van der Waals surface area contributed by atoms with Crippen molar-refractivity contribution in [3.63, 3.8) is 0 Å². The van der Waals surface area contributed by atoms with Crippen LogP contribution in [-0.2, 0) is 17.1 Å². The molecule has 0 aromatic carbocycles. The molecule has 3 rings (SSSR count). The van der Waals surface area contributed by atoms with E-state index in [2.05, 4.69) is 25.2 Å². The number of hydrogen-bond donors (Lipinski definition) is 3. The highest BCUT2D eigenvalue weighted by molar-refractivity contribution is 7.92. The number of aryl methyl sites for hydroxylation is 1. The molecule has 0 fully saturated rings. The summed E-state index contributed by atoms with van der Waals surface area (Å²) in [6, 6.07) is 2.87. The predicted molar refractivity (Wildman–Crippen MR) is 93.0 cm³/mol. The lowest BCUT2D eigenvalue weighted by molar-refractivity contribution is -0.578. The topological polar surface area (TPSA) is 126 Å². The summed E-state index contributed by atoms with van der Waals surface area (Å²) < 4.78 is 30.1. The first-order chi connectivity index (χ1) is 12.1. The fourth-order valence-electron chi connectivity index (χ4n) is 2.36. The number of aromatic amines is 1. The molecule has 0 saturated heterocycles. The lowest BCUT2D eigenvalue weighted by Crippen LogP contribution is -2.40. The molecule has 3 aromatic rings. The molecule has 3 N–H and O–H groups in total. The van der Waals surface area contributed by atoms with Crippen LogP contribution in [0.25, 0.3) is 5.65 Å². The van der Waals surface area contributed by atoms with E-state index in [0.29, 0.717) is 11.2 Å². The van der Waals surface area contributed by atoms with Crippen molar-refractivity contribution in [1.29, 1.82) is 0 Å². The summed E-state index contributed by atoms with van der Waals surface area (Å²) in [5.74, 6) is -0.217. The molecule has 11 heteroatoms. The van der Waals surface area contributed by atoms with Gasteiger partial charge in [0, 0.05) is 18.7 Å². The molecule has 1 amide bonds. The molecular weight excluding hydrogens is 358 g/mol. The molecule has 3 aromatic heterocycles. The van der Waals surface area contributed by atoms with E-state index in [-0.39, 0.29) is 16.8 Å². The molecule has 10 nitrogen and oxygen atoms in total. The minimum Gasteiger partial charge on any atom is -0.347 e. The van der Waals surface area contributed by atoms with E-state index in [1.165, 1.54) is 40.8 Å². The van der Waals surface area contributed by atoms with Crippen LogP contribution in [0.5, 0.6) is 0 Å². The second-order valence-corrected chi connectivity index (χ2v) is 8.43. The van der Waals surface area contributed by atoms with Crippen LogP contribution in [0, 0.1) is 0 Å². The van der Waals surface area contributed by atoms with Crippen LogP contribution in [0.15, 0.2) is 35.7 Å². The summed E-state index contributed by atoms with van der Waals surface area (Å²) in [6.45, 7) is 5.61. The molecule has 0 aliphatic heterocycles. The van der Waals surface area contributed by atoms with Crippen molar-refractivity contribution in [3.05, 3.63) is 36.3 Å². The van der Waals surface area contributed by atoms with E-state index in [1.54, 1.807) is 6.20 Å². The summed E-state index contributed by atoms with van der Waals surface area (Å²) in [5.41, 5.74) is 0.197. The predicted octanol–water partition coefficient (Wildman–Crippen LogP) is 0.211. The Morgan fingerprint density at radius 2 is 2.04 bits per heavy atom. The van der Waals surface area contributed by atoms with E-state index in [4.69, 9.17) is 0 Å². The van der Waals surface area contributed by atoms with Crippen molar-refractivity contribution >= 4 is 27.4 Å². The van der Waals surface area contributed by atoms with Crippen LogP contribution in [-0.4, -0.2) is 39.7 Å². The number of hydrogen-bond acceptors (Lipinski definition) is 5. The van der Waals surface area contributed by atoms with Gasteiger partial charge < -0.3 is 5.32 Å². The van der Waals surface area contributed by atoms with Crippen LogP contribution in [0.2, 0.25) is 0 Å². The number of nitrogens with one attached hydrogen (secondary N) is 3. The molecule has 0 bridgehead atoms. The van der Waals surface area contributed by atoms with Gasteiger partial charge in [-0.15, -0.1) is 4.52 Å². The third-order valence-corrected chi connectivity index (χ3v) is 4.88. The molecule has 138 valence electrons. The normalized spacial score (nSPS) is 12.3. The third-order valence-electron chi connectivity index (χ3n) is 3.45. The minimum atomic E-state index is -3.85. The summed E-state index contributed by atoms with van der Waals surface area (Å²) in [7, 11) is -2.32. The molecule has 26 heavy (non-hydrogen) atoms. The quantitative estimate of drug-likeness (QED) is 0.560. The van der Waals surface area contributed by atoms with Gasteiger partial charge in [0.1, 0.15) is 6.20 Å². The molecule has 0 atom stereocenters. The number of amides is 1. The number of rotatable bonds is 4. The summed E-state index contributed by atoms with van der Waals surface area (Å²) in [5, 5.41) is 9.59. The first-order valence-corrected chi connectivity index (χ1v) is 9.28. The first kappa shape index (κ1) is 17.9. The Balaban J connectivity index is 1.95. The summed E-state index contributed by atoms with van der Waals surface area (Å²) in [4.78, 5) is 16.7. The zero-order chi connectivity index (χ0) is 19.1. The van der Waals surface area contributed by atoms with Gasteiger partial charge in [-0.3, -0.25) is 9.48 Å². The van der Waals surface area contributed by atoms with Gasteiger partial charge in [-0.05, 0) is 31.8 Å². The van der Waals surface area contributed by atoms with Crippen molar-refractivity contribution in [3.8, 4) is 0 Å². The second kappa shape index (κ2) is 6.09. The van der Waals surface area contributed by atoms with Gasteiger partial charge in [-0.1, -0.05) is 0 Å². The number of carbonyl (C=O) groups excluding carboxylic acids is 1. The molecule has 0 aliphatic rings. The Bertz CT molecular complexity index is 1080. The van der Waals surface area contributed by atoms with Crippen LogP contribution in [0.1, 0.15) is 31.1 Å². The van der Waals surface area contributed by atoms with Crippen LogP contribution < -0.4 is 14.6 Å². The van der Waals surface area contributed by atoms with Gasteiger partial charge in [0.2, 0.25) is 0 Å². The monoisotopic (exact) mass is 378 g/mol. The number of aromatic nitrogens is 5. The number of nitrogens with zero attached hydrogens (tertiary/aromatic N) is 4. The van der Waals surface area contributed by atoms with Crippen molar-refractivity contribution in [1.82, 2.24) is 25.2 Å². The second-order valence-electron chi connectivity index (χ2n) is 6.80. The van der Waals surface area contributed by atoms with Crippen molar-refractivity contribution in [2.45, 2.75) is 31.3 Å². The Morgan fingerprint density at radius 1 is 1.31 bits per heavy atom. The smallest absolute Gasteiger partial charge is 0.347 e. The molecule has 0 radical (unpaired) electrons. The number of fused-ring (bicyclic) bond motifs is 1. The van der Waals surface area contributed by atoms with Crippen LogP contribution >= 0.6 is 0 Å². The van der Waals surface area contributed by atoms with Crippen molar-refractivity contribution in [2.24, 2.45) is 7.05 Å². The zero-order valence-electron chi connectivity index (χ0n) is 14.8. The highest BCUT2D eigenvalue weighted by atomic mass is 32.2. The maximum Gasteiger partial charge on any atom is 0.363 e. The van der Waals surface area contributed by atoms with Gasteiger partial charge in [0.15, 0.2) is 10.6 Å². The molecule has 0 saturated carbocycles. The standard InChI is InChI=1S/C15H19N7O3S/c1-15(2,3)19-14(23)10-9-17-22-8-6-11(18-13(10)22)20-26(24,25)12-5-7-16-21(12)4/h5-9H,1-4H3,(H2,17,18,19,20,23)/p+1. The summed E-state index contributed by atoms with van der Waals surface area (Å²) >= 11 is 0. The lowest BCUT2D eigenvalue weighted by atomic mass is 10.1. The highest BCUT2D eigenvalue weighted by Gasteiger charge is 2.26. The molecular formula is C15H20N7O3S+. The van der Waals surface area contributed by atoms with Crippen molar-refractivity contribution in [2.75, 3.05) is 4.72 Å². The number of sulfonamides is 1. The van der Waals surface area contributed by atoms with Gasteiger partial charge in [0.05, 0.1) is 12.4 Å². The first-order valence-electron chi connectivity index (χ1n) is 7.80. The average Bonchev–Trinajstić information content (AvgIpc) is 3.11. The zero-order valence-corrected chi connectivity index (χ0v) is 15.6. The number of anilines is 1. The van der Waals surface area contributed by atoms with E-state index in [0.717, 1.165) is 0 Å². The van der Waals surface area contributed by atoms with E-state index in [1.807, 2.05) is 20.8 Å². The third kappa shape index (κ3) is 3.52. The van der Waals surface area contributed by atoms with Crippen LogP contribution in [0.4, 0.5) is 5.82 Å². The Hall–Kier alpha value is -2.95. The van der Waals surface area contributed by atoms with Gasteiger partial charge in [-0.2, -0.15) is 13.5 Å². The van der Waals surface area contributed by atoms with E-state index in [9.17, 15) is 13.2 Å². The van der Waals surface area contributed by atoms with Gasteiger partial charge in [0.25, 0.3) is 21.7 Å². The fourth-order valence-corrected chi connectivity index (χ4v) is 3.49. The average molecular weight is 378 g/mol. The SMILES string of the molecule is Cn1nccc1S(=O)(=O)Nc1cc[n+]2[nH]cc(C(=O)NC(C)(C)C)c2n1. The highest BCUT2D eigenvalue weighted by Crippen LogP contribution is 2.14. The number of carbonyl (C=O) groups is 1. The van der Waals surface area contributed by atoms with Gasteiger partial charge >= 0.3 is 5.65 Å². The van der Waals surface area contributed by atoms with E-state index >= 15 is 0 Å². The fraction of sp³-hybridized carbons (Fsp3) is 0.333. The number of H-pyrrole nitrogens is 1. The maximum atomic E-state index is 12.5. The molecule has 3 heterocycles. The van der Waals surface area contributed by atoms with Crippen LogP contribution in [0.3, 0.4) is 0 Å². The Labute approximate surface area is 150 Å². The lowest BCUT2D eigenvalue weighted by Gasteiger charge is -2.19. The Morgan fingerprint density at radius 3 is 2.65 bits per heavy atom. The Kier molecular flexibility index (Phi) is 4.18. The molecule has 0 aliphatic carbocycles. The van der Waals surface area contributed by atoms with Gasteiger partial charge in [-0.25, -0.2) is 9.82 Å².